The Hall–Kier alpha value is -0.380. The van der Waals surface area contributed by atoms with Crippen LogP contribution in [0, 0.1) is 0 Å². The van der Waals surface area contributed by atoms with Gasteiger partial charge in [-0.1, -0.05) is 6.08 Å². The normalized spacial score (nSPS) is 33.8. The van der Waals surface area contributed by atoms with Crippen LogP contribution in [0.1, 0.15) is 6.92 Å². The number of hydrogen-bond acceptors (Lipinski definition) is 3. The third-order valence-corrected chi connectivity index (χ3v) is 1.33. The first kappa shape index (κ1) is 7.72. The lowest BCUT2D eigenvalue weighted by molar-refractivity contribution is -0.0299. The van der Waals surface area contributed by atoms with Crippen molar-refractivity contribution < 1.29 is 14.6 Å². The van der Waals surface area contributed by atoms with E-state index in [1.165, 1.54) is 0 Å². The standard InChI is InChI=1S/C7H12O3/c1-2-3-7-9-5-6(4-8)10-7/h2-3,6-8H,4-5H2,1H3. The molecule has 2 unspecified atom stereocenters. The Morgan fingerprint density at radius 2 is 2.50 bits per heavy atom. The minimum absolute atomic E-state index is 0.0358. The first-order chi connectivity index (χ1) is 4.86. The monoisotopic (exact) mass is 144 g/mol. The van der Waals surface area contributed by atoms with Gasteiger partial charge in [-0.15, -0.1) is 0 Å². The second kappa shape index (κ2) is 3.71. The van der Waals surface area contributed by atoms with Crippen LogP contribution in [-0.4, -0.2) is 30.7 Å². The molecular formula is C7H12O3. The largest absolute Gasteiger partial charge is 0.394 e. The lowest BCUT2D eigenvalue weighted by Gasteiger charge is -2.03. The van der Waals surface area contributed by atoms with Crippen LogP contribution in [0.15, 0.2) is 12.2 Å². The summed E-state index contributed by atoms with van der Waals surface area (Å²) in [6.45, 7) is 2.43. The van der Waals surface area contributed by atoms with Gasteiger partial charge >= 0.3 is 0 Å². The highest BCUT2D eigenvalue weighted by Gasteiger charge is 2.22. The van der Waals surface area contributed by atoms with Gasteiger partial charge in [-0.05, 0) is 13.0 Å². The van der Waals surface area contributed by atoms with E-state index in [9.17, 15) is 0 Å². The summed E-state index contributed by atoms with van der Waals surface area (Å²) in [5, 5.41) is 8.62. The van der Waals surface area contributed by atoms with E-state index in [0.29, 0.717) is 6.61 Å². The summed E-state index contributed by atoms with van der Waals surface area (Å²) in [7, 11) is 0. The van der Waals surface area contributed by atoms with Crippen LogP contribution < -0.4 is 0 Å². The van der Waals surface area contributed by atoms with Gasteiger partial charge in [0.1, 0.15) is 6.10 Å². The fraction of sp³-hybridized carbons (Fsp3) is 0.714. The van der Waals surface area contributed by atoms with Gasteiger partial charge in [0.05, 0.1) is 13.2 Å². The summed E-state index contributed by atoms with van der Waals surface area (Å²) in [5.41, 5.74) is 0. The minimum atomic E-state index is -0.248. The van der Waals surface area contributed by atoms with E-state index >= 15 is 0 Å². The fourth-order valence-electron chi connectivity index (χ4n) is 0.824. The van der Waals surface area contributed by atoms with Crippen LogP contribution in [0.2, 0.25) is 0 Å². The third-order valence-electron chi connectivity index (χ3n) is 1.33. The van der Waals surface area contributed by atoms with E-state index in [0.717, 1.165) is 0 Å². The fourth-order valence-corrected chi connectivity index (χ4v) is 0.824. The Morgan fingerprint density at radius 1 is 1.70 bits per heavy atom. The van der Waals surface area contributed by atoms with Crippen molar-refractivity contribution in [1.82, 2.24) is 0 Å². The van der Waals surface area contributed by atoms with Crippen LogP contribution in [-0.2, 0) is 9.47 Å². The van der Waals surface area contributed by atoms with Gasteiger partial charge in [-0.2, -0.15) is 0 Å². The number of rotatable bonds is 2. The van der Waals surface area contributed by atoms with Gasteiger partial charge in [-0.25, -0.2) is 0 Å². The highest BCUT2D eigenvalue weighted by molar-refractivity contribution is 4.84. The molecule has 1 saturated heterocycles. The summed E-state index contributed by atoms with van der Waals surface area (Å²) in [4.78, 5) is 0. The van der Waals surface area contributed by atoms with Crippen LogP contribution in [0.3, 0.4) is 0 Å². The highest BCUT2D eigenvalue weighted by atomic mass is 16.7. The molecule has 2 atom stereocenters. The van der Waals surface area contributed by atoms with Crippen LogP contribution in [0.4, 0.5) is 0 Å². The predicted molar refractivity (Wildman–Crippen MR) is 36.5 cm³/mol. The van der Waals surface area contributed by atoms with Crippen molar-refractivity contribution >= 4 is 0 Å². The maximum absolute atomic E-state index is 8.62. The van der Waals surface area contributed by atoms with Crippen LogP contribution in [0.25, 0.3) is 0 Å². The van der Waals surface area contributed by atoms with E-state index < -0.39 is 0 Å². The number of hydrogen-bond donors (Lipinski definition) is 1. The molecule has 1 heterocycles. The molecule has 58 valence electrons. The van der Waals surface area contributed by atoms with Gasteiger partial charge in [0.2, 0.25) is 0 Å². The van der Waals surface area contributed by atoms with E-state index in [1.54, 1.807) is 0 Å². The quantitative estimate of drug-likeness (QED) is 0.566. The lowest BCUT2D eigenvalue weighted by atomic mass is 10.4. The molecule has 1 N–H and O–H groups in total. The van der Waals surface area contributed by atoms with Gasteiger partial charge in [0, 0.05) is 0 Å². The van der Waals surface area contributed by atoms with Gasteiger partial charge in [0.25, 0.3) is 0 Å². The Kier molecular flexibility index (Phi) is 2.86. The zero-order valence-electron chi connectivity index (χ0n) is 5.99. The Bertz CT molecular complexity index is 122. The van der Waals surface area contributed by atoms with Crippen LogP contribution in [0.5, 0.6) is 0 Å². The molecule has 0 aromatic carbocycles. The van der Waals surface area contributed by atoms with Gasteiger partial charge in [0.15, 0.2) is 6.29 Å². The summed E-state index contributed by atoms with van der Waals surface area (Å²) in [5.74, 6) is 0. The Balaban J connectivity index is 2.28. The molecule has 0 spiro atoms. The lowest BCUT2D eigenvalue weighted by Crippen LogP contribution is -2.15. The molecule has 0 aliphatic carbocycles. The summed E-state index contributed by atoms with van der Waals surface area (Å²) < 4.78 is 10.3. The van der Waals surface area contributed by atoms with Crippen LogP contribution >= 0.6 is 0 Å². The average molecular weight is 144 g/mol. The first-order valence-electron chi connectivity index (χ1n) is 3.37. The Morgan fingerprint density at radius 3 is 3.00 bits per heavy atom. The van der Waals surface area contributed by atoms with Crippen molar-refractivity contribution in [2.45, 2.75) is 19.3 Å². The summed E-state index contributed by atoms with van der Waals surface area (Å²) in [6.07, 6.45) is 3.29. The first-order valence-corrected chi connectivity index (χ1v) is 3.37. The molecule has 1 fully saturated rings. The maximum Gasteiger partial charge on any atom is 0.177 e. The molecule has 0 saturated carbocycles. The molecule has 0 amide bonds. The van der Waals surface area contributed by atoms with E-state index in [4.69, 9.17) is 14.6 Å². The molecule has 1 rings (SSSR count). The second-order valence-electron chi connectivity index (χ2n) is 2.17. The summed E-state index contributed by atoms with van der Waals surface area (Å²) >= 11 is 0. The second-order valence-corrected chi connectivity index (χ2v) is 2.17. The highest BCUT2D eigenvalue weighted by Crippen LogP contribution is 2.11. The summed E-state index contributed by atoms with van der Waals surface area (Å²) in [6, 6.07) is 0. The zero-order valence-corrected chi connectivity index (χ0v) is 5.99. The molecule has 10 heavy (non-hydrogen) atoms. The van der Waals surface area contributed by atoms with Gasteiger partial charge in [-0.3, -0.25) is 0 Å². The molecule has 1 aliphatic rings. The van der Waals surface area contributed by atoms with Crippen molar-refractivity contribution in [3.8, 4) is 0 Å². The van der Waals surface area contributed by atoms with Crippen molar-refractivity contribution in [2.75, 3.05) is 13.2 Å². The van der Waals surface area contributed by atoms with E-state index in [1.807, 2.05) is 19.1 Å². The number of aliphatic hydroxyl groups excluding tert-OH is 1. The van der Waals surface area contributed by atoms with E-state index in [2.05, 4.69) is 0 Å². The molecule has 0 aromatic heterocycles. The SMILES string of the molecule is CC=CC1OCC(CO)O1. The topological polar surface area (TPSA) is 38.7 Å². The molecule has 0 aromatic rings. The molecule has 0 bridgehead atoms. The van der Waals surface area contributed by atoms with Gasteiger partial charge < -0.3 is 14.6 Å². The predicted octanol–water partition coefficient (Wildman–Crippen LogP) is 0.296. The third kappa shape index (κ3) is 1.80. The van der Waals surface area contributed by atoms with Crippen molar-refractivity contribution in [1.29, 1.82) is 0 Å². The molecule has 0 radical (unpaired) electrons. The number of aliphatic hydroxyl groups is 1. The molecule has 1 aliphatic heterocycles. The maximum atomic E-state index is 8.62. The molecular weight excluding hydrogens is 132 g/mol. The Labute approximate surface area is 60.3 Å². The molecule has 3 heteroatoms. The van der Waals surface area contributed by atoms with Crippen molar-refractivity contribution in [2.24, 2.45) is 0 Å². The average Bonchev–Trinajstić information content (AvgIpc) is 2.37. The smallest absolute Gasteiger partial charge is 0.177 e. The van der Waals surface area contributed by atoms with E-state index in [-0.39, 0.29) is 19.0 Å². The molecule has 3 nitrogen and oxygen atoms in total. The number of ether oxygens (including phenoxy) is 2. The van der Waals surface area contributed by atoms with Crippen molar-refractivity contribution in [3.05, 3.63) is 12.2 Å². The number of allylic oxidation sites excluding steroid dienone is 1. The van der Waals surface area contributed by atoms with Crippen molar-refractivity contribution in [3.63, 3.8) is 0 Å². The minimum Gasteiger partial charge on any atom is -0.394 e. The zero-order chi connectivity index (χ0) is 7.40.